The van der Waals surface area contributed by atoms with Crippen molar-refractivity contribution < 1.29 is 9.72 Å². The summed E-state index contributed by atoms with van der Waals surface area (Å²) in [4.78, 5) is 29.7. The first-order valence-corrected chi connectivity index (χ1v) is 5.96. The quantitative estimate of drug-likeness (QED) is 0.694. The second kappa shape index (κ2) is 5.81. The maximum absolute atomic E-state index is 12.0. The minimum absolute atomic E-state index is 0.128. The van der Waals surface area contributed by atoms with E-state index in [0.29, 0.717) is 0 Å². The molecule has 0 aliphatic heterocycles. The molecule has 1 amide bonds. The Morgan fingerprint density at radius 3 is 2.60 bits per heavy atom. The Labute approximate surface area is 122 Å². The van der Waals surface area contributed by atoms with E-state index in [0.717, 1.165) is 6.07 Å². The molecular formula is C11H6Cl2N4O3. The Morgan fingerprint density at radius 2 is 2.00 bits per heavy atom. The van der Waals surface area contributed by atoms with Crippen molar-refractivity contribution in [1.29, 1.82) is 0 Å². The summed E-state index contributed by atoms with van der Waals surface area (Å²) in [5.74, 6) is -0.561. The minimum Gasteiger partial charge on any atom is -0.305 e. The molecule has 2 rings (SSSR count). The Bertz CT molecular complexity index is 676. The highest BCUT2D eigenvalue weighted by molar-refractivity contribution is 6.31. The molecule has 0 aliphatic carbocycles. The van der Waals surface area contributed by atoms with Crippen molar-refractivity contribution in [3.63, 3.8) is 0 Å². The van der Waals surface area contributed by atoms with E-state index in [1.165, 1.54) is 24.5 Å². The second-order valence-electron chi connectivity index (χ2n) is 3.60. The van der Waals surface area contributed by atoms with Crippen LogP contribution in [0.2, 0.25) is 10.2 Å². The molecule has 1 aromatic carbocycles. The van der Waals surface area contributed by atoms with E-state index < -0.39 is 16.5 Å². The number of halogens is 2. The molecular weight excluding hydrogens is 307 g/mol. The molecule has 0 radical (unpaired) electrons. The monoisotopic (exact) mass is 312 g/mol. The second-order valence-corrected chi connectivity index (χ2v) is 4.42. The van der Waals surface area contributed by atoms with Gasteiger partial charge >= 0.3 is 0 Å². The van der Waals surface area contributed by atoms with Crippen molar-refractivity contribution in [3.05, 3.63) is 56.4 Å². The number of rotatable bonds is 3. The smallest absolute Gasteiger partial charge is 0.283 e. The summed E-state index contributed by atoms with van der Waals surface area (Å²) in [5, 5.41) is 13.6. The van der Waals surface area contributed by atoms with Crippen LogP contribution in [0.4, 0.5) is 11.5 Å². The number of benzene rings is 1. The normalized spacial score (nSPS) is 10.1. The lowest BCUT2D eigenvalue weighted by Gasteiger charge is -2.05. The third-order valence-electron chi connectivity index (χ3n) is 2.26. The van der Waals surface area contributed by atoms with Crippen LogP contribution in [0.15, 0.2) is 30.6 Å². The molecule has 0 saturated carbocycles. The summed E-state index contributed by atoms with van der Waals surface area (Å²) >= 11 is 11.2. The van der Waals surface area contributed by atoms with Gasteiger partial charge in [0, 0.05) is 11.1 Å². The number of anilines is 1. The number of nitrogens with one attached hydrogen (secondary N) is 1. The van der Waals surface area contributed by atoms with Crippen molar-refractivity contribution in [2.45, 2.75) is 0 Å². The van der Waals surface area contributed by atoms with E-state index in [-0.39, 0.29) is 21.6 Å². The SMILES string of the molecule is O=C(Nc1cnc(Cl)cn1)c1ccc(Cl)cc1[N+](=O)[O-]. The zero-order valence-electron chi connectivity index (χ0n) is 9.71. The van der Waals surface area contributed by atoms with Gasteiger partial charge in [-0.05, 0) is 12.1 Å². The van der Waals surface area contributed by atoms with Crippen molar-refractivity contribution in [3.8, 4) is 0 Å². The number of nitro groups is 1. The molecule has 9 heteroatoms. The maximum atomic E-state index is 12.0. The number of aromatic nitrogens is 2. The van der Waals surface area contributed by atoms with Gasteiger partial charge in [-0.15, -0.1) is 0 Å². The average Bonchev–Trinajstić information content (AvgIpc) is 2.41. The number of amides is 1. The van der Waals surface area contributed by atoms with Crippen LogP contribution >= 0.6 is 23.2 Å². The van der Waals surface area contributed by atoms with E-state index in [9.17, 15) is 14.9 Å². The predicted octanol–water partition coefficient (Wildman–Crippen LogP) is 2.94. The number of carbonyl (C=O) groups is 1. The highest BCUT2D eigenvalue weighted by Crippen LogP contribution is 2.23. The first-order chi connectivity index (χ1) is 9.47. The molecule has 1 aromatic heterocycles. The Kier molecular flexibility index (Phi) is 4.11. The number of carbonyl (C=O) groups excluding carboxylic acids is 1. The fourth-order valence-corrected chi connectivity index (χ4v) is 1.67. The van der Waals surface area contributed by atoms with Crippen LogP contribution in [0.1, 0.15) is 10.4 Å². The topological polar surface area (TPSA) is 98.0 Å². The predicted molar refractivity (Wildman–Crippen MR) is 73.1 cm³/mol. The Morgan fingerprint density at radius 1 is 1.25 bits per heavy atom. The third kappa shape index (κ3) is 3.19. The standard InChI is InChI=1S/C11H6Cl2N4O3/c12-6-1-2-7(8(3-6)17(19)20)11(18)16-10-5-14-9(13)4-15-10/h1-5H,(H,15,16,18). The number of hydrogen-bond acceptors (Lipinski definition) is 5. The Hall–Kier alpha value is -2.25. The molecule has 0 saturated heterocycles. The zero-order chi connectivity index (χ0) is 14.7. The van der Waals surface area contributed by atoms with Crippen LogP contribution in [0, 0.1) is 10.1 Å². The molecule has 7 nitrogen and oxygen atoms in total. The molecule has 0 atom stereocenters. The van der Waals surface area contributed by atoms with Crippen molar-refractivity contribution in [2.24, 2.45) is 0 Å². The molecule has 0 fully saturated rings. The largest absolute Gasteiger partial charge is 0.305 e. The molecule has 0 unspecified atom stereocenters. The number of hydrogen-bond donors (Lipinski definition) is 1. The molecule has 2 aromatic rings. The van der Waals surface area contributed by atoms with Crippen LogP contribution in [0.3, 0.4) is 0 Å². The lowest BCUT2D eigenvalue weighted by atomic mass is 10.1. The van der Waals surface area contributed by atoms with E-state index >= 15 is 0 Å². The number of nitro benzene ring substituents is 1. The molecule has 1 heterocycles. The maximum Gasteiger partial charge on any atom is 0.283 e. The summed E-state index contributed by atoms with van der Waals surface area (Å²) in [6.45, 7) is 0. The van der Waals surface area contributed by atoms with Crippen LogP contribution in [-0.2, 0) is 0 Å². The lowest BCUT2D eigenvalue weighted by Crippen LogP contribution is -2.15. The molecule has 0 spiro atoms. The van der Waals surface area contributed by atoms with Gasteiger partial charge in [0.25, 0.3) is 11.6 Å². The first kappa shape index (κ1) is 14.2. The van der Waals surface area contributed by atoms with Gasteiger partial charge in [0.1, 0.15) is 10.7 Å². The van der Waals surface area contributed by atoms with Crippen LogP contribution in [0.5, 0.6) is 0 Å². The van der Waals surface area contributed by atoms with Crippen molar-refractivity contribution in [1.82, 2.24) is 9.97 Å². The third-order valence-corrected chi connectivity index (χ3v) is 2.69. The van der Waals surface area contributed by atoms with Crippen LogP contribution in [-0.4, -0.2) is 20.8 Å². The van der Waals surface area contributed by atoms with Crippen molar-refractivity contribution in [2.75, 3.05) is 5.32 Å². The number of nitrogens with zero attached hydrogens (tertiary/aromatic N) is 3. The molecule has 20 heavy (non-hydrogen) atoms. The molecule has 0 bridgehead atoms. The van der Waals surface area contributed by atoms with Gasteiger partial charge < -0.3 is 5.32 Å². The van der Waals surface area contributed by atoms with Gasteiger partial charge in [-0.2, -0.15) is 0 Å². The molecule has 0 aliphatic rings. The average molecular weight is 313 g/mol. The van der Waals surface area contributed by atoms with Crippen LogP contribution < -0.4 is 5.32 Å². The first-order valence-electron chi connectivity index (χ1n) is 5.20. The highest BCUT2D eigenvalue weighted by atomic mass is 35.5. The van der Waals surface area contributed by atoms with E-state index in [1.807, 2.05) is 0 Å². The van der Waals surface area contributed by atoms with Gasteiger partial charge in [-0.25, -0.2) is 9.97 Å². The summed E-state index contributed by atoms with van der Waals surface area (Å²) < 4.78 is 0. The van der Waals surface area contributed by atoms with Crippen LogP contribution in [0.25, 0.3) is 0 Å². The Balaban J connectivity index is 2.29. The fraction of sp³-hybridized carbons (Fsp3) is 0. The highest BCUT2D eigenvalue weighted by Gasteiger charge is 2.20. The molecule has 102 valence electrons. The van der Waals surface area contributed by atoms with E-state index in [2.05, 4.69) is 15.3 Å². The van der Waals surface area contributed by atoms with Gasteiger partial charge in [0.05, 0.1) is 17.3 Å². The van der Waals surface area contributed by atoms with E-state index in [1.54, 1.807) is 0 Å². The van der Waals surface area contributed by atoms with Crippen molar-refractivity contribution >= 4 is 40.6 Å². The summed E-state index contributed by atoms with van der Waals surface area (Å²) in [5.41, 5.74) is -0.520. The summed E-state index contributed by atoms with van der Waals surface area (Å²) in [7, 11) is 0. The van der Waals surface area contributed by atoms with E-state index in [4.69, 9.17) is 23.2 Å². The summed E-state index contributed by atoms with van der Waals surface area (Å²) in [6.07, 6.45) is 2.48. The van der Waals surface area contributed by atoms with Gasteiger partial charge in [-0.1, -0.05) is 23.2 Å². The van der Waals surface area contributed by atoms with Gasteiger partial charge in [0.2, 0.25) is 0 Å². The lowest BCUT2D eigenvalue weighted by molar-refractivity contribution is -0.385. The summed E-state index contributed by atoms with van der Waals surface area (Å²) in [6, 6.07) is 3.75. The molecule has 1 N–H and O–H groups in total. The minimum atomic E-state index is -0.690. The van der Waals surface area contributed by atoms with Gasteiger partial charge in [0.15, 0.2) is 5.82 Å². The fourth-order valence-electron chi connectivity index (χ4n) is 1.41. The zero-order valence-corrected chi connectivity index (χ0v) is 11.2. The van der Waals surface area contributed by atoms with Gasteiger partial charge in [-0.3, -0.25) is 14.9 Å².